The maximum Gasteiger partial charge on any atom is 0.333 e. The molecular weight excluding hydrogens is 945 g/mol. The smallest absolute Gasteiger partial charge is 0.333 e. The Hall–Kier alpha value is -7.04. The van der Waals surface area contributed by atoms with Crippen molar-refractivity contribution in [2.45, 2.75) is 46.1 Å². The van der Waals surface area contributed by atoms with Gasteiger partial charge in [-0.25, -0.2) is 4.79 Å². The van der Waals surface area contributed by atoms with Gasteiger partial charge in [-0.1, -0.05) is 36.9 Å². The Bertz CT molecular complexity index is 2500. The van der Waals surface area contributed by atoms with Crippen molar-refractivity contribution in [2.75, 3.05) is 147 Å². The molecule has 4 heterocycles. The number of carbonyl (C=O) groups is 1. The van der Waals surface area contributed by atoms with Crippen LogP contribution in [0.4, 0.5) is 17.1 Å². The van der Waals surface area contributed by atoms with E-state index in [9.17, 15) is 20.6 Å². The minimum Gasteiger partial charge on any atom is -0.490 e. The van der Waals surface area contributed by atoms with Gasteiger partial charge in [0.2, 0.25) is 0 Å². The van der Waals surface area contributed by atoms with E-state index < -0.39 is 11.6 Å². The van der Waals surface area contributed by atoms with Crippen LogP contribution in [0.3, 0.4) is 0 Å². The molecule has 17 heteroatoms. The topological polar surface area (TPSA) is 190 Å². The minimum absolute atomic E-state index is 0.0701. The Morgan fingerprint density at radius 2 is 1.20 bits per heavy atom. The zero-order valence-corrected chi connectivity index (χ0v) is 43.6. The van der Waals surface area contributed by atoms with Gasteiger partial charge < -0.3 is 62.1 Å². The number of nitrogens with zero attached hydrogens (tertiary/aromatic N) is 6. The highest BCUT2D eigenvalue weighted by molar-refractivity contribution is 5.86. The Balaban J connectivity index is 1.38. The van der Waals surface area contributed by atoms with Crippen LogP contribution in [0.15, 0.2) is 95.3 Å². The van der Waals surface area contributed by atoms with E-state index in [0.29, 0.717) is 136 Å². The first kappa shape index (κ1) is 56.3. The van der Waals surface area contributed by atoms with Gasteiger partial charge in [-0.3, -0.25) is 0 Å². The summed E-state index contributed by atoms with van der Waals surface area (Å²) in [4.78, 5) is 18.8. The molecule has 0 spiro atoms. The molecule has 1 unspecified atom stereocenters. The van der Waals surface area contributed by atoms with Crippen LogP contribution in [0.25, 0.3) is 6.08 Å². The number of ether oxygens (including phenoxy) is 10. The molecule has 3 aromatic carbocycles. The fourth-order valence-electron chi connectivity index (χ4n) is 8.63. The summed E-state index contributed by atoms with van der Waals surface area (Å²) in [6.07, 6.45) is 4.27. The highest BCUT2D eigenvalue weighted by atomic mass is 16.5. The van der Waals surface area contributed by atoms with Crippen LogP contribution in [-0.2, 0) is 38.0 Å². The molecule has 4 aliphatic heterocycles. The molecule has 0 saturated carbocycles. The van der Waals surface area contributed by atoms with Crippen LogP contribution < -0.4 is 28.9 Å². The van der Waals surface area contributed by atoms with Gasteiger partial charge in [0.15, 0.2) is 11.3 Å². The number of nitriles is 3. The summed E-state index contributed by atoms with van der Waals surface area (Å²) in [5.74, 6) is 1.45. The number of fused-ring (bicyclic) bond motifs is 20. The van der Waals surface area contributed by atoms with Crippen LogP contribution in [-0.4, -0.2) is 144 Å². The Kier molecular flexibility index (Phi) is 22.1. The van der Waals surface area contributed by atoms with Crippen LogP contribution in [0.2, 0.25) is 0 Å². The van der Waals surface area contributed by atoms with Crippen LogP contribution in [0.1, 0.15) is 43.4 Å². The van der Waals surface area contributed by atoms with Crippen molar-refractivity contribution in [1.82, 2.24) is 0 Å². The molecule has 394 valence electrons. The summed E-state index contributed by atoms with van der Waals surface area (Å²) >= 11 is 0. The average molecular weight is 1020 g/mol. The molecular formula is C57H70N6O11. The van der Waals surface area contributed by atoms with Gasteiger partial charge in [0.1, 0.15) is 66.5 Å². The number of allylic oxidation sites excluding steroid dienone is 2. The molecule has 1 atom stereocenters. The van der Waals surface area contributed by atoms with Crippen LogP contribution >= 0.6 is 0 Å². The highest BCUT2D eigenvalue weighted by Gasteiger charge is 2.42. The van der Waals surface area contributed by atoms with Crippen molar-refractivity contribution < 1.29 is 52.2 Å². The highest BCUT2D eigenvalue weighted by Crippen LogP contribution is 2.44. The molecule has 3 aromatic rings. The maximum atomic E-state index is 12.1. The third-order valence-corrected chi connectivity index (χ3v) is 12.6. The van der Waals surface area contributed by atoms with Gasteiger partial charge >= 0.3 is 5.97 Å². The molecule has 7 rings (SSSR count). The van der Waals surface area contributed by atoms with E-state index >= 15 is 0 Å². The molecule has 17 nitrogen and oxygen atoms in total. The number of hydrogen-bond donors (Lipinski definition) is 0. The van der Waals surface area contributed by atoms with E-state index in [0.717, 1.165) is 45.3 Å². The van der Waals surface area contributed by atoms with Crippen molar-refractivity contribution in [1.29, 1.82) is 15.8 Å². The van der Waals surface area contributed by atoms with Crippen molar-refractivity contribution in [3.63, 3.8) is 0 Å². The molecule has 0 aromatic heterocycles. The Morgan fingerprint density at radius 3 is 1.70 bits per heavy atom. The Morgan fingerprint density at radius 1 is 0.689 bits per heavy atom. The SMILES string of the molecule is C=C(C)C(=O)OCCCC1(C)OC(=C(C#N)C#N)C(C#N)=C1/C=C/c1ccc(N2CCOc3cc(C)ccc3N3CCOCCOCCN(CCOCCOCC3)c3ccc(C)cc3OCC2)c(OCCOC)c1. The van der Waals surface area contributed by atoms with Gasteiger partial charge in [0.25, 0.3) is 0 Å². The van der Waals surface area contributed by atoms with E-state index in [1.165, 1.54) is 0 Å². The summed E-state index contributed by atoms with van der Waals surface area (Å²) in [6, 6.07) is 24.2. The van der Waals surface area contributed by atoms with Gasteiger partial charge in [0, 0.05) is 44.4 Å². The number of anilines is 3. The number of hydrogen-bond acceptors (Lipinski definition) is 17. The van der Waals surface area contributed by atoms with E-state index in [-0.39, 0.29) is 35.7 Å². The first-order valence-corrected chi connectivity index (χ1v) is 25.2. The maximum absolute atomic E-state index is 12.1. The first-order chi connectivity index (χ1) is 36.0. The van der Waals surface area contributed by atoms with E-state index in [4.69, 9.17) is 47.4 Å². The largest absolute Gasteiger partial charge is 0.490 e. The van der Waals surface area contributed by atoms with Crippen LogP contribution in [0.5, 0.6) is 17.2 Å². The van der Waals surface area contributed by atoms with Crippen molar-refractivity contribution in [3.8, 4) is 35.5 Å². The van der Waals surface area contributed by atoms with Crippen molar-refractivity contribution in [2.24, 2.45) is 0 Å². The van der Waals surface area contributed by atoms with Crippen molar-refractivity contribution in [3.05, 3.63) is 112 Å². The van der Waals surface area contributed by atoms with E-state index in [1.807, 2.05) is 50.3 Å². The average Bonchev–Trinajstić information content (AvgIpc) is 3.67. The molecule has 0 N–H and O–H groups in total. The normalized spacial score (nSPS) is 18.6. The zero-order chi connectivity index (χ0) is 52.7. The quantitative estimate of drug-likeness (QED) is 0.0560. The third kappa shape index (κ3) is 16.0. The minimum atomic E-state index is -1.14. The standard InChI is InChI=1S/C57H70N6O11/c1-42(2)56(64)73-23-7-16-57(5)48(47(41-60)55(74-57)46(39-58)40-59)12-10-45-11-15-51(54(38-45)72-35-30-65-6)63-21-28-70-52-36-43(3)8-13-49(52)61-17-24-66-31-33-68-26-19-62(20-27-69-34-32-67-25-18-61)50-14-9-44(4)37-53(50)71-29-22-63/h8-15,36-38H,1,7,16-35H2,2-6H3/b12-10+. The molecule has 1 fully saturated rings. The number of methoxy groups -OCH3 is 1. The lowest BCUT2D eigenvalue weighted by atomic mass is 9.88. The van der Waals surface area contributed by atoms with Gasteiger partial charge in [-0.15, -0.1) is 0 Å². The van der Waals surface area contributed by atoms with Crippen LogP contribution in [0, 0.1) is 47.8 Å². The second-order valence-electron chi connectivity index (χ2n) is 18.1. The second kappa shape index (κ2) is 29.0. The molecule has 0 amide bonds. The summed E-state index contributed by atoms with van der Waals surface area (Å²) < 4.78 is 61.4. The first-order valence-electron chi connectivity index (χ1n) is 25.2. The van der Waals surface area contributed by atoms with E-state index in [2.05, 4.69) is 63.7 Å². The molecule has 74 heavy (non-hydrogen) atoms. The summed E-state index contributed by atoms with van der Waals surface area (Å²) in [5, 5.41) is 30.1. The lowest BCUT2D eigenvalue weighted by Crippen LogP contribution is -2.34. The Labute approximate surface area is 436 Å². The molecule has 4 aliphatic rings. The second-order valence-corrected chi connectivity index (χ2v) is 18.1. The summed E-state index contributed by atoms with van der Waals surface area (Å²) in [5.41, 5.74) is 4.85. The van der Waals surface area contributed by atoms with Gasteiger partial charge in [-0.05, 0) is 93.6 Å². The molecule has 1 saturated heterocycles. The number of rotatable bonds is 12. The number of esters is 1. The van der Waals surface area contributed by atoms with E-state index in [1.54, 1.807) is 27.0 Å². The summed E-state index contributed by atoms with van der Waals surface area (Å²) in [6.45, 7) is 19.5. The number of benzene rings is 3. The zero-order valence-electron chi connectivity index (χ0n) is 43.6. The number of aryl methyl sites for hydroxylation is 2. The molecule has 0 radical (unpaired) electrons. The third-order valence-electron chi connectivity index (χ3n) is 12.6. The van der Waals surface area contributed by atoms with Gasteiger partial charge in [-0.2, -0.15) is 15.8 Å². The van der Waals surface area contributed by atoms with Crippen molar-refractivity contribution >= 4 is 29.1 Å². The van der Waals surface area contributed by atoms with Gasteiger partial charge in [0.05, 0.1) is 96.2 Å². The lowest BCUT2D eigenvalue weighted by molar-refractivity contribution is -0.139. The monoisotopic (exact) mass is 1010 g/mol. The number of carbonyl (C=O) groups excluding carboxylic acids is 1. The predicted octanol–water partition coefficient (Wildman–Crippen LogP) is 7.82. The fraction of sp³-hybridized carbons (Fsp3) is 0.474. The molecule has 2 bridgehead atoms. The lowest BCUT2D eigenvalue weighted by Gasteiger charge is -2.30. The molecule has 0 aliphatic carbocycles. The summed E-state index contributed by atoms with van der Waals surface area (Å²) in [7, 11) is 1.62. The fourth-order valence-corrected chi connectivity index (χ4v) is 8.63. The predicted molar refractivity (Wildman–Crippen MR) is 281 cm³/mol.